The molecule has 7 nitrogen and oxygen atoms in total. The van der Waals surface area contributed by atoms with Crippen molar-refractivity contribution < 1.29 is 8.42 Å². The number of hydrogen-bond donors (Lipinski definition) is 1. The first kappa shape index (κ1) is 18.3. The zero-order valence-electron chi connectivity index (χ0n) is 16.0. The first-order valence-corrected chi connectivity index (χ1v) is 11.5. The topological polar surface area (TPSA) is 92.4 Å². The Morgan fingerprint density at radius 1 is 1.10 bits per heavy atom. The zero-order chi connectivity index (χ0) is 20.0. The van der Waals surface area contributed by atoms with E-state index < -0.39 is 9.84 Å². The summed E-state index contributed by atoms with van der Waals surface area (Å²) in [7, 11) is -3.30. The van der Waals surface area contributed by atoms with Crippen LogP contribution < -0.4 is 15.5 Å². The highest BCUT2D eigenvalue weighted by atomic mass is 32.2. The fraction of sp³-hybridized carbons (Fsp3) is 0.333. The van der Waals surface area contributed by atoms with Crippen LogP contribution in [0.15, 0.2) is 53.7 Å². The number of hydrogen-bond acceptors (Lipinski definition) is 7. The SMILES string of the molecule is NC1CCN(c2cc(N3CCS(=O)(=O)c4ccccc4C3)nc3ccncc23)C1. The Kier molecular flexibility index (Phi) is 4.40. The second kappa shape index (κ2) is 6.96. The van der Waals surface area contributed by atoms with E-state index in [4.69, 9.17) is 10.7 Å². The predicted molar refractivity (Wildman–Crippen MR) is 114 cm³/mol. The normalized spacial score (nSPS) is 21.2. The van der Waals surface area contributed by atoms with E-state index in [0.717, 1.165) is 47.5 Å². The Bertz CT molecular complexity index is 1180. The van der Waals surface area contributed by atoms with Gasteiger partial charge in [0, 0.05) is 56.1 Å². The molecule has 5 rings (SSSR count). The van der Waals surface area contributed by atoms with E-state index in [1.54, 1.807) is 18.3 Å². The van der Waals surface area contributed by atoms with Crippen LogP contribution in [0.2, 0.25) is 0 Å². The first-order valence-electron chi connectivity index (χ1n) is 9.82. The van der Waals surface area contributed by atoms with Crippen molar-refractivity contribution in [2.75, 3.05) is 35.2 Å². The molecule has 0 amide bonds. The molecule has 1 aromatic carbocycles. The lowest BCUT2D eigenvalue weighted by molar-refractivity contribution is 0.596. The molecule has 1 saturated heterocycles. The van der Waals surface area contributed by atoms with Crippen LogP contribution in [0.5, 0.6) is 0 Å². The van der Waals surface area contributed by atoms with Crippen molar-refractivity contribution >= 4 is 32.2 Å². The third-order valence-corrected chi connectivity index (χ3v) is 7.55. The number of nitrogens with zero attached hydrogens (tertiary/aromatic N) is 4. The maximum atomic E-state index is 12.7. The van der Waals surface area contributed by atoms with Gasteiger partial charge in [0.15, 0.2) is 9.84 Å². The molecular formula is C21H23N5O2S. The van der Waals surface area contributed by atoms with Gasteiger partial charge in [-0.1, -0.05) is 18.2 Å². The third-order valence-electron chi connectivity index (χ3n) is 5.76. The number of anilines is 2. The molecule has 3 aromatic rings. The van der Waals surface area contributed by atoms with E-state index in [0.29, 0.717) is 18.0 Å². The van der Waals surface area contributed by atoms with Gasteiger partial charge < -0.3 is 15.5 Å². The van der Waals surface area contributed by atoms with Gasteiger partial charge in [0.05, 0.1) is 21.9 Å². The van der Waals surface area contributed by atoms with Crippen molar-refractivity contribution in [3.8, 4) is 0 Å². The smallest absolute Gasteiger partial charge is 0.180 e. The molecule has 2 N–H and O–H groups in total. The molecule has 2 aliphatic heterocycles. The van der Waals surface area contributed by atoms with Gasteiger partial charge in [-0.05, 0) is 24.1 Å². The summed E-state index contributed by atoms with van der Waals surface area (Å²) in [5.74, 6) is 0.857. The monoisotopic (exact) mass is 409 g/mol. The Hall–Kier alpha value is -2.71. The Morgan fingerprint density at radius 2 is 1.97 bits per heavy atom. The summed E-state index contributed by atoms with van der Waals surface area (Å²) < 4.78 is 25.4. The minimum absolute atomic E-state index is 0.0734. The fourth-order valence-corrected chi connectivity index (χ4v) is 5.72. The number of pyridine rings is 2. The van der Waals surface area contributed by atoms with Gasteiger partial charge in [-0.25, -0.2) is 13.4 Å². The van der Waals surface area contributed by atoms with Gasteiger partial charge >= 0.3 is 0 Å². The van der Waals surface area contributed by atoms with Crippen molar-refractivity contribution in [3.05, 3.63) is 54.4 Å². The predicted octanol–water partition coefficient (Wildman–Crippen LogP) is 1.96. The lowest BCUT2D eigenvalue weighted by Gasteiger charge is -2.26. The van der Waals surface area contributed by atoms with Crippen LogP contribution in [0, 0.1) is 0 Å². The summed E-state index contributed by atoms with van der Waals surface area (Å²) in [6.45, 7) is 2.61. The van der Waals surface area contributed by atoms with Crippen LogP contribution in [0.4, 0.5) is 11.5 Å². The number of benzene rings is 1. The second-order valence-corrected chi connectivity index (χ2v) is 9.81. The highest BCUT2D eigenvalue weighted by molar-refractivity contribution is 7.91. The molecule has 150 valence electrons. The Morgan fingerprint density at radius 3 is 2.79 bits per heavy atom. The minimum atomic E-state index is -3.30. The average molecular weight is 410 g/mol. The molecular weight excluding hydrogens is 386 g/mol. The van der Waals surface area contributed by atoms with Crippen molar-refractivity contribution in [1.82, 2.24) is 9.97 Å². The van der Waals surface area contributed by atoms with E-state index >= 15 is 0 Å². The standard InChI is InChI=1S/C21H23N5O2S/c22-16-6-8-25(14-16)19-11-21(24-18-5-7-23-12-17(18)19)26-9-10-29(27,28)20-4-2-1-3-15(20)13-26/h1-5,7,11-12,16H,6,8-10,13-14,22H2. The van der Waals surface area contributed by atoms with Gasteiger partial charge in [-0.15, -0.1) is 0 Å². The lowest BCUT2D eigenvalue weighted by atomic mass is 10.2. The number of fused-ring (bicyclic) bond motifs is 2. The van der Waals surface area contributed by atoms with Crippen LogP contribution in [0.3, 0.4) is 0 Å². The molecule has 0 aliphatic carbocycles. The van der Waals surface area contributed by atoms with E-state index in [-0.39, 0.29) is 11.8 Å². The summed E-state index contributed by atoms with van der Waals surface area (Å²) in [6, 6.07) is 11.4. The van der Waals surface area contributed by atoms with Crippen LogP contribution in [-0.2, 0) is 16.4 Å². The summed E-state index contributed by atoms with van der Waals surface area (Å²) in [5.41, 5.74) is 8.87. The van der Waals surface area contributed by atoms with Gasteiger partial charge in [-0.3, -0.25) is 4.98 Å². The lowest BCUT2D eigenvalue weighted by Crippen LogP contribution is -2.28. The number of sulfone groups is 1. The molecule has 0 radical (unpaired) electrons. The third kappa shape index (κ3) is 3.32. The molecule has 0 bridgehead atoms. The molecule has 1 fully saturated rings. The largest absolute Gasteiger partial charge is 0.369 e. The highest BCUT2D eigenvalue weighted by Crippen LogP contribution is 2.33. The summed E-state index contributed by atoms with van der Waals surface area (Å²) in [4.78, 5) is 13.9. The quantitative estimate of drug-likeness (QED) is 0.692. The van der Waals surface area contributed by atoms with Crippen molar-refractivity contribution in [2.45, 2.75) is 23.9 Å². The van der Waals surface area contributed by atoms with E-state index in [9.17, 15) is 8.42 Å². The molecule has 8 heteroatoms. The van der Waals surface area contributed by atoms with E-state index in [2.05, 4.69) is 20.9 Å². The van der Waals surface area contributed by atoms with Gasteiger partial charge in [-0.2, -0.15) is 0 Å². The molecule has 1 unspecified atom stereocenters. The highest BCUT2D eigenvalue weighted by Gasteiger charge is 2.27. The summed E-state index contributed by atoms with van der Waals surface area (Å²) in [5, 5.41) is 0.994. The van der Waals surface area contributed by atoms with E-state index in [1.165, 1.54) is 0 Å². The zero-order valence-corrected chi connectivity index (χ0v) is 16.8. The molecule has 1 atom stereocenters. The van der Waals surface area contributed by atoms with Gasteiger partial charge in [0.1, 0.15) is 5.82 Å². The van der Waals surface area contributed by atoms with Crippen LogP contribution in [-0.4, -0.2) is 49.8 Å². The van der Waals surface area contributed by atoms with E-state index in [1.807, 2.05) is 24.4 Å². The van der Waals surface area contributed by atoms with Crippen molar-refractivity contribution in [3.63, 3.8) is 0 Å². The maximum Gasteiger partial charge on any atom is 0.180 e. The van der Waals surface area contributed by atoms with Gasteiger partial charge in [0.25, 0.3) is 0 Å². The fourth-order valence-electron chi connectivity index (χ4n) is 4.23. The first-order chi connectivity index (χ1) is 14.0. The molecule has 2 aliphatic rings. The Labute approximate surface area is 170 Å². The van der Waals surface area contributed by atoms with Crippen LogP contribution in [0.25, 0.3) is 10.9 Å². The molecule has 29 heavy (non-hydrogen) atoms. The summed E-state index contributed by atoms with van der Waals surface area (Å²) in [6.07, 6.45) is 4.53. The average Bonchev–Trinajstić information content (AvgIpc) is 3.10. The number of nitrogens with two attached hydrogens (primary N) is 1. The van der Waals surface area contributed by atoms with Gasteiger partial charge in [0.2, 0.25) is 0 Å². The van der Waals surface area contributed by atoms with Crippen molar-refractivity contribution in [2.24, 2.45) is 5.73 Å². The maximum absolute atomic E-state index is 12.7. The molecule has 4 heterocycles. The van der Waals surface area contributed by atoms with Crippen molar-refractivity contribution in [1.29, 1.82) is 0 Å². The number of rotatable bonds is 2. The number of aromatic nitrogens is 2. The molecule has 2 aromatic heterocycles. The molecule has 0 spiro atoms. The van der Waals surface area contributed by atoms with Crippen LogP contribution >= 0.6 is 0 Å². The molecule has 0 saturated carbocycles. The Balaban J connectivity index is 1.60. The second-order valence-electron chi connectivity index (χ2n) is 7.74. The van der Waals surface area contributed by atoms with Crippen LogP contribution in [0.1, 0.15) is 12.0 Å². The minimum Gasteiger partial charge on any atom is -0.369 e. The summed E-state index contributed by atoms with van der Waals surface area (Å²) >= 11 is 0.